The lowest BCUT2D eigenvalue weighted by Gasteiger charge is -2.21. The van der Waals surface area contributed by atoms with Crippen LogP contribution in [0.4, 0.5) is 4.39 Å². The highest BCUT2D eigenvalue weighted by molar-refractivity contribution is 9.10. The van der Waals surface area contributed by atoms with Crippen molar-refractivity contribution in [1.29, 1.82) is 0 Å². The van der Waals surface area contributed by atoms with E-state index in [1.807, 2.05) is 45.2 Å². The second-order valence-corrected chi connectivity index (χ2v) is 5.78. The van der Waals surface area contributed by atoms with Gasteiger partial charge in [-0.05, 0) is 39.1 Å². The first-order valence-corrected chi connectivity index (χ1v) is 7.71. The molecule has 1 unspecified atom stereocenters. The van der Waals surface area contributed by atoms with E-state index in [1.54, 1.807) is 6.07 Å². The smallest absolute Gasteiger partial charge is 0.129 e. The molecular weight excluding hydrogens is 333 g/mol. The number of rotatable bonds is 5. The van der Waals surface area contributed by atoms with E-state index in [2.05, 4.69) is 21.2 Å². The summed E-state index contributed by atoms with van der Waals surface area (Å²) in [5.74, 6) is 0.539. The highest BCUT2D eigenvalue weighted by atomic mass is 79.9. The van der Waals surface area contributed by atoms with Crippen LogP contribution in [-0.2, 0) is 0 Å². The molecule has 2 nitrogen and oxygen atoms in total. The Morgan fingerprint density at radius 2 is 1.95 bits per heavy atom. The van der Waals surface area contributed by atoms with Gasteiger partial charge in [0.2, 0.25) is 0 Å². The summed E-state index contributed by atoms with van der Waals surface area (Å²) in [6.45, 7) is 4.54. The Balaban J connectivity index is 2.52. The Hall–Kier alpha value is -1.39. The maximum atomic E-state index is 14.3. The quantitative estimate of drug-likeness (QED) is 0.849. The van der Waals surface area contributed by atoms with Gasteiger partial charge < -0.3 is 10.1 Å². The van der Waals surface area contributed by atoms with Crippen LogP contribution in [-0.4, -0.2) is 13.7 Å². The van der Waals surface area contributed by atoms with Crippen LogP contribution in [0.1, 0.15) is 29.7 Å². The first kappa shape index (κ1) is 16.0. The summed E-state index contributed by atoms with van der Waals surface area (Å²) in [5.41, 5.74) is 2.67. The van der Waals surface area contributed by atoms with Crippen LogP contribution in [0.25, 0.3) is 0 Å². The lowest BCUT2D eigenvalue weighted by atomic mass is 9.96. The average molecular weight is 352 g/mol. The van der Waals surface area contributed by atoms with Gasteiger partial charge in [0.15, 0.2) is 0 Å². The fourth-order valence-corrected chi connectivity index (χ4v) is 2.73. The van der Waals surface area contributed by atoms with Gasteiger partial charge in [0.25, 0.3) is 0 Å². The zero-order chi connectivity index (χ0) is 15.4. The molecule has 2 rings (SSSR count). The summed E-state index contributed by atoms with van der Waals surface area (Å²) in [6.07, 6.45) is 0. The standard InChI is InChI=1S/C17H19BrFNO/c1-4-21-16-8-5-11(2)9-14(16)17(20-3)13-7-6-12(18)10-15(13)19/h5-10,17,20H,4H2,1-3H3. The molecule has 21 heavy (non-hydrogen) atoms. The second-order valence-electron chi connectivity index (χ2n) is 4.86. The average Bonchev–Trinajstić information content (AvgIpc) is 2.45. The first-order chi connectivity index (χ1) is 10.1. The van der Waals surface area contributed by atoms with Crippen molar-refractivity contribution < 1.29 is 9.13 Å². The van der Waals surface area contributed by atoms with E-state index in [-0.39, 0.29) is 11.9 Å². The summed E-state index contributed by atoms with van der Waals surface area (Å²) >= 11 is 3.29. The predicted molar refractivity (Wildman–Crippen MR) is 87.4 cm³/mol. The summed E-state index contributed by atoms with van der Waals surface area (Å²) < 4.78 is 20.7. The molecule has 2 aromatic rings. The molecule has 0 saturated carbocycles. The summed E-state index contributed by atoms with van der Waals surface area (Å²) in [6, 6.07) is 10.8. The molecule has 112 valence electrons. The molecule has 4 heteroatoms. The lowest BCUT2D eigenvalue weighted by molar-refractivity contribution is 0.333. The van der Waals surface area contributed by atoms with Crippen molar-refractivity contribution >= 4 is 15.9 Å². The Morgan fingerprint density at radius 1 is 1.19 bits per heavy atom. The Bertz CT molecular complexity index is 630. The van der Waals surface area contributed by atoms with Crippen LogP contribution in [0.15, 0.2) is 40.9 Å². The van der Waals surface area contributed by atoms with Gasteiger partial charge in [0.05, 0.1) is 12.6 Å². The molecule has 0 aromatic heterocycles. The first-order valence-electron chi connectivity index (χ1n) is 6.92. The Morgan fingerprint density at radius 3 is 2.57 bits per heavy atom. The highest BCUT2D eigenvalue weighted by Gasteiger charge is 2.20. The molecule has 0 saturated heterocycles. The minimum atomic E-state index is -0.250. The van der Waals surface area contributed by atoms with Gasteiger partial charge in [0, 0.05) is 15.6 Å². The van der Waals surface area contributed by atoms with Gasteiger partial charge in [0.1, 0.15) is 11.6 Å². The van der Waals surface area contributed by atoms with E-state index in [0.29, 0.717) is 12.2 Å². The molecule has 0 bridgehead atoms. The van der Waals surface area contributed by atoms with Crippen LogP contribution in [0.5, 0.6) is 5.75 Å². The minimum Gasteiger partial charge on any atom is -0.494 e. The molecule has 0 aliphatic rings. The van der Waals surface area contributed by atoms with Gasteiger partial charge >= 0.3 is 0 Å². The molecule has 0 heterocycles. The molecule has 2 aromatic carbocycles. The van der Waals surface area contributed by atoms with Crippen molar-refractivity contribution in [1.82, 2.24) is 5.32 Å². The van der Waals surface area contributed by atoms with Crippen LogP contribution < -0.4 is 10.1 Å². The van der Waals surface area contributed by atoms with Gasteiger partial charge in [-0.25, -0.2) is 4.39 Å². The number of hydrogen-bond acceptors (Lipinski definition) is 2. The van der Waals surface area contributed by atoms with Gasteiger partial charge in [-0.1, -0.05) is 39.7 Å². The second kappa shape index (κ2) is 7.05. The molecule has 1 atom stereocenters. The number of benzene rings is 2. The van der Waals surface area contributed by atoms with Gasteiger partial charge in [-0.15, -0.1) is 0 Å². The monoisotopic (exact) mass is 351 g/mol. The van der Waals surface area contributed by atoms with Crippen molar-refractivity contribution in [3.05, 3.63) is 63.4 Å². The largest absolute Gasteiger partial charge is 0.494 e. The normalized spacial score (nSPS) is 12.2. The zero-order valence-corrected chi connectivity index (χ0v) is 14.0. The number of nitrogens with one attached hydrogen (secondary N) is 1. The molecule has 0 spiro atoms. The molecule has 0 fully saturated rings. The molecule has 0 aliphatic heterocycles. The van der Waals surface area contributed by atoms with Gasteiger partial charge in [-0.2, -0.15) is 0 Å². The van der Waals surface area contributed by atoms with E-state index in [0.717, 1.165) is 21.3 Å². The van der Waals surface area contributed by atoms with Crippen LogP contribution in [0.2, 0.25) is 0 Å². The van der Waals surface area contributed by atoms with Crippen molar-refractivity contribution in [2.45, 2.75) is 19.9 Å². The topological polar surface area (TPSA) is 21.3 Å². The van der Waals surface area contributed by atoms with Crippen LogP contribution in [0.3, 0.4) is 0 Å². The molecule has 1 N–H and O–H groups in total. The number of aryl methyl sites for hydroxylation is 1. The number of ether oxygens (including phenoxy) is 1. The third-order valence-electron chi connectivity index (χ3n) is 3.34. The van der Waals surface area contributed by atoms with Crippen molar-refractivity contribution in [2.24, 2.45) is 0 Å². The summed E-state index contributed by atoms with van der Waals surface area (Å²) in [5, 5.41) is 3.19. The zero-order valence-electron chi connectivity index (χ0n) is 12.4. The summed E-state index contributed by atoms with van der Waals surface area (Å²) in [4.78, 5) is 0. The fourth-order valence-electron chi connectivity index (χ4n) is 2.39. The Labute approximate surface area is 133 Å². The van der Waals surface area contributed by atoms with E-state index < -0.39 is 0 Å². The highest BCUT2D eigenvalue weighted by Crippen LogP contribution is 2.33. The van der Waals surface area contributed by atoms with E-state index in [4.69, 9.17) is 4.74 Å². The van der Waals surface area contributed by atoms with Crippen molar-refractivity contribution in [2.75, 3.05) is 13.7 Å². The molecule has 0 radical (unpaired) electrons. The number of hydrogen-bond donors (Lipinski definition) is 1. The van der Waals surface area contributed by atoms with Crippen molar-refractivity contribution in [3.63, 3.8) is 0 Å². The van der Waals surface area contributed by atoms with Crippen LogP contribution in [0, 0.1) is 12.7 Å². The fraction of sp³-hybridized carbons (Fsp3) is 0.294. The van der Waals surface area contributed by atoms with E-state index in [1.165, 1.54) is 6.07 Å². The van der Waals surface area contributed by atoms with E-state index >= 15 is 0 Å². The third-order valence-corrected chi connectivity index (χ3v) is 3.83. The van der Waals surface area contributed by atoms with E-state index in [9.17, 15) is 4.39 Å². The lowest BCUT2D eigenvalue weighted by Crippen LogP contribution is -2.20. The van der Waals surface area contributed by atoms with Crippen LogP contribution >= 0.6 is 15.9 Å². The SMILES string of the molecule is CCOc1ccc(C)cc1C(NC)c1ccc(Br)cc1F. The van der Waals surface area contributed by atoms with Gasteiger partial charge in [-0.3, -0.25) is 0 Å². The maximum Gasteiger partial charge on any atom is 0.129 e. The Kier molecular flexibility index (Phi) is 5.37. The summed E-state index contributed by atoms with van der Waals surface area (Å²) in [7, 11) is 1.82. The molecule has 0 amide bonds. The molecular formula is C17H19BrFNO. The minimum absolute atomic E-state index is 0.243. The third kappa shape index (κ3) is 3.63. The van der Waals surface area contributed by atoms with Crippen molar-refractivity contribution in [3.8, 4) is 5.75 Å². The predicted octanol–water partition coefficient (Wildman–Crippen LogP) is 4.60. The maximum absolute atomic E-state index is 14.3. The number of halogens is 2. The molecule has 0 aliphatic carbocycles.